The van der Waals surface area contributed by atoms with Gasteiger partial charge in [-0.2, -0.15) is 0 Å². The lowest BCUT2D eigenvalue weighted by atomic mass is 10.1. The maximum absolute atomic E-state index is 12.0. The molecule has 0 fully saturated rings. The smallest absolute Gasteiger partial charge is 0.326 e. The number of carbonyl (C=O) groups is 2. The first-order valence-electron chi connectivity index (χ1n) is 6.26. The molecule has 19 heavy (non-hydrogen) atoms. The largest absolute Gasteiger partial charge is 0.480 e. The molecule has 1 rings (SSSR count). The first-order chi connectivity index (χ1) is 8.95. The number of urea groups is 1. The highest BCUT2D eigenvalue weighted by molar-refractivity contribution is 5.82. The third kappa shape index (κ3) is 4.31. The summed E-state index contributed by atoms with van der Waals surface area (Å²) in [7, 11) is 0. The molecule has 2 N–H and O–H groups in total. The summed E-state index contributed by atoms with van der Waals surface area (Å²) in [6.45, 7) is 6.12. The molecule has 0 radical (unpaired) electrons. The Hall–Kier alpha value is -1.98. The number of nitrogens with zero attached hydrogens (tertiary/aromatic N) is 1. The lowest BCUT2D eigenvalue weighted by Crippen LogP contribution is -2.49. The Kier molecular flexibility index (Phi) is 5.41. The average Bonchev–Trinajstić information content (AvgIpc) is 2.84. The lowest BCUT2D eigenvalue weighted by molar-refractivity contribution is -0.140. The second-order valence-electron chi connectivity index (χ2n) is 4.60. The standard InChI is InChI=1S/C13H20N2O4/c1-4-15(8-10-6-5-7-19-10)13(18)14-11(9(2)3)12(16)17/h5-7,9,11H,4,8H2,1-3H3,(H,14,18)(H,16,17)/t11-/m0/s1. The Balaban J connectivity index is 2.65. The fraction of sp³-hybridized carbons (Fsp3) is 0.538. The molecule has 6 nitrogen and oxygen atoms in total. The van der Waals surface area contributed by atoms with Gasteiger partial charge in [0, 0.05) is 6.54 Å². The second kappa shape index (κ2) is 6.82. The Labute approximate surface area is 112 Å². The van der Waals surface area contributed by atoms with Gasteiger partial charge in [-0.1, -0.05) is 13.8 Å². The fourth-order valence-electron chi connectivity index (χ4n) is 1.66. The third-order valence-electron chi connectivity index (χ3n) is 2.81. The van der Waals surface area contributed by atoms with Crippen molar-refractivity contribution in [1.29, 1.82) is 0 Å². The van der Waals surface area contributed by atoms with E-state index in [0.29, 0.717) is 18.8 Å². The van der Waals surface area contributed by atoms with Gasteiger partial charge in [-0.25, -0.2) is 9.59 Å². The van der Waals surface area contributed by atoms with Crippen molar-refractivity contribution in [2.24, 2.45) is 5.92 Å². The summed E-state index contributed by atoms with van der Waals surface area (Å²) < 4.78 is 5.18. The van der Waals surface area contributed by atoms with Gasteiger partial charge in [0.15, 0.2) is 0 Å². The van der Waals surface area contributed by atoms with E-state index in [1.165, 1.54) is 11.2 Å². The Bertz CT molecular complexity index is 414. The average molecular weight is 268 g/mol. The molecule has 0 saturated carbocycles. The minimum absolute atomic E-state index is 0.177. The molecule has 1 heterocycles. The summed E-state index contributed by atoms with van der Waals surface area (Å²) in [6.07, 6.45) is 1.54. The van der Waals surface area contributed by atoms with Crippen LogP contribution in [0.15, 0.2) is 22.8 Å². The number of furan rings is 1. The van der Waals surface area contributed by atoms with Crippen LogP contribution in [-0.4, -0.2) is 34.6 Å². The molecular formula is C13H20N2O4. The summed E-state index contributed by atoms with van der Waals surface area (Å²) in [5.74, 6) is -0.547. The second-order valence-corrected chi connectivity index (χ2v) is 4.60. The van der Waals surface area contributed by atoms with Crippen molar-refractivity contribution < 1.29 is 19.1 Å². The fourth-order valence-corrected chi connectivity index (χ4v) is 1.66. The van der Waals surface area contributed by atoms with Gasteiger partial charge in [-0.15, -0.1) is 0 Å². The van der Waals surface area contributed by atoms with Gasteiger partial charge in [0.1, 0.15) is 11.8 Å². The molecule has 106 valence electrons. The predicted octanol–water partition coefficient (Wildman–Crippen LogP) is 1.92. The van der Waals surface area contributed by atoms with Gasteiger partial charge in [0.05, 0.1) is 12.8 Å². The number of hydrogen-bond donors (Lipinski definition) is 2. The molecule has 0 saturated heterocycles. The van der Waals surface area contributed by atoms with Crippen molar-refractivity contribution in [3.05, 3.63) is 24.2 Å². The molecule has 0 aliphatic heterocycles. The molecule has 2 amide bonds. The molecule has 1 aromatic heterocycles. The Morgan fingerprint density at radius 3 is 2.58 bits per heavy atom. The number of hydrogen-bond acceptors (Lipinski definition) is 3. The molecule has 0 aromatic carbocycles. The van der Waals surface area contributed by atoms with Crippen molar-refractivity contribution in [2.75, 3.05) is 6.54 Å². The van der Waals surface area contributed by atoms with Crippen LogP contribution in [0, 0.1) is 5.92 Å². The molecule has 1 aromatic rings. The SMILES string of the molecule is CCN(Cc1ccco1)C(=O)N[C@H](C(=O)O)C(C)C. The van der Waals surface area contributed by atoms with E-state index in [2.05, 4.69) is 5.32 Å². The number of carboxylic acid groups (broad SMARTS) is 1. The maximum atomic E-state index is 12.0. The van der Waals surface area contributed by atoms with Crippen molar-refractivity contribution in [3.8, 4) is 0 Å². The number of rotatable bonds is 6. The van der Waals surface area contributed by atoms with Gasteiger partial charge >= 0.3 is 12.0 Å². The van der Waals surface area contributed by atoms with Crippen LogP contribution in [0.2, 0.25) is 0 Å². The van der Waals surface area contributed by atoms with Crippen LogP contribution in [0.3, 0.4) is 0 Å². The number of carbonyl (C=O) groups excluding carboxylic acids is 1. The summed E-state index contributed by atoms with van der Waals surface area (Å²) in [5.41, 5.74) is 0. The zero-order valence-corrected chi connectivity index (χ0v) is 11.4. The number of aliphatic carboxylic acids is 1. The predicted molar refractivity (Wildman–Crippen MR) is 69.6 cm³/mol. The molecule has 0 spiro atoms. The lowest BCUT2D eigenvalue weighted by Gasteiger charge is -2.24. The first kappa shape index (κ1) is 15.1. The first-order valence-corrected chi connectivity index (χ1v) is 6.26. The molecule has 0 aliphatic carbocycles. The molecular weight excluding hydrogens is 248 g/mol. The summed E-state index contributed by atoms with van der Waals surface area (Å²) in [5, 5.41) is 11.6. The van der Waals surface area contributed by atoms with Gasteiger partial charge in [0.2, 0.25) is 0 Å². The van der Waals surface area contributed by atoms with Crippen LogP contribution >= 0.6 is 0 Å². The van der Waals surface area contributed by atoms with Crippen molar-refractivity contribution >= 4 is 12.0 Å². The Morgan fingerprint density at radius 1 is 1.47 bits per heavy atom. The van der Waals surface area contributed by atoms with Gasteiger partial charge in [-0.3, -0.25) is 0 Å². The quantitative estimate of drug-likeness (QED) is 0.825. The zero-order chi connectivity index (χ0) is 14.4. The van der Waals surface area contributed by atoms with E-state index in [1.807, 2.05) is 6.92 Å². The zero-order valence-electron chi connectivity index (χ0n) is 11.4. The van der Waals surface area contributed by atoms with E-state index in [1.54, 1.807) is 26.0 Å². The van der Waals surface area contributed by atoms with Gasteiger partial charge in [-0.05, 0) is 25.0 Å². The molecule has 0 aliphatic rings. The van der Waals surface area contributed by atoms with Gasteiger partial charge in [0.25, 0.3) is 0 Å². The molecule has 0 bridgehead atoms. The summed E-state index contributed by atoms with van der Waals surface area (Å²) >= 11 is 0. The molecule has 6 heteroatoms. The number of carboxylic acids is 1. The highest BCUT2D eigenvalue weighted by Crippen LogP contribution is 2.07. The van der Waals surface area contributed by atoms with Crippen molar-refractivity contribution in [2.45, 2.75) is 33.4 Å². The monoisotopic (exact) mass is 268 g/mol. The van der Waals surface area contributed by atoms with Crippen LogP contribution < -0.4 is 5.32 Å². The van der Waals surface area contributed by atoms with E-state index >= 15 is 0 Å². The van der Waals surface area contributed by atoms with Crippen molar-refractivity contribution in [3.63, 3.8) is 0 Å². The Morgan fingerprint density at radius 2 is 2.16 bits per heavy atom. The maximum Gasteiger partial charge on any atom is 0.326 e. The van der Waals surface area contributed by atoms with Crippen molar-refractivity contribution in [1.82, 2.24) is 10.2 Å². The minimum Gasteiger partial charge on any atom is -0.480 e. The van der Waals surface area contributed by atoms with Crippen LogP contribution in [0.4, 0.5) is 4.79 Å². The summed E-state index contributed by atoms with van der Waals surface area (Å²) in [6, 6.07) is 2.22. The van der Waals surface area contributed by atoms with E-state index in [4.69, 9.17) is 9.52 Å². The van der Waals surface area contributed by atoms with Crippen LogP contribution in [-0.2, 0) is 11.3 Å². The number of amides is 2. The van der Waals surface area contributed by atoms with E-state index in [-0.39, 0.29) is 5.92 Å². The van der Waals surface area contributed by atoms with Crippen LogP contribution in [0.5, 0.6) is 0 Å². The topological polar surface area (TPSA) is 82.8 Å². The van der Waals surface area contributed by atoms with Crippen LogP contribution in [0.1, 0.15) is 26.5 Å². The summed E-state index contributed by atoms with van der Waals surface area (Å²) in [4.78, 5) is 24.6. The van der Waals surface area contributed by atoms with E-state index in [0.717, 1.165) is 0 Å². The third-order valence-corrected chi connectivity index (χ3v) is 2.81. The van der Waals surface area contributed by atoms with Gasteiger partial charge < -0.3 is 19.7 Å². The molecule has 1 atom stereocenters. The van der Waals surface area contributed by atoms with E-state index < -0.39 is 18.0 Å². The van der Waals surface area contributed by atoms with Crippen LogP contribution in [0.25, 0.3) is 0 Å². The highest BCUT2D eigenvalue weighted by Gasteiger charge is 2.25. The number of nitrogens with one attached hydrogen (secondary N) is 1. The molecule has 0 unspecified atom stereocenters. The highest BCUT2D eigenvalue weighted by atomic mass is 16.4. The van der Waals surface area contributed by atoms with E-state index in [9.17, 15) is 9.59 Å². The normalized spacial score (nSPS) is 12.2. The minimum atomic E-state index is -1.03.